The molecule has 1 N–H and O–H groups in total. The third-order valence-electron chi connectivity index (χ3n) is 4.13. The molecular formula is C15H21NO2. The van der Waals surface area contributed by atoms with Gasteiger partial charge in [-0.1, -0.05) is 25.0 Å². The van der Waals surface area contributed by atoms with E-state index in [2.05, 4.69) is 17.4 Å². The molecule has 2 aliphatic rings. The van der Waals surface area contributed by atoms with Gasteiger partial charge in [0.25, 0.3) is 0 Å². The van der Waals surface area contributed by atoms with E-state index in [0.717, 1.165) is 12.3 Å². The van der Waals surface area contributed by atoms with Crippen molar-refractivity contribution < 1.29 is 9.47 Å². The molecule has 0 aromatic heterocycles. The molecule has 1 aromatic carbocycles. The summed E-state index contributed by atoms with van der Waals surface area (Å²) in [4.78, 5) is 0. The van der Waals surface area contributed by atoms with Gasteiger partial charge in [-0.3, -0.25) is 5.32 Å². The number of rotatable bonds is 2. The first-order valence-corrected chi connectivity index (χ1v) is 6.89. The highest BCUT2D eigenvalue weighted by molar-refractivity contribution is 5.28. The largest absolute Gasteiger partial charge is 0.497 e. The number of hydrogen-bond donors (Lipinski definition) is 1. The number of nitrogens with one attached hydrogen (secondary N) is 1. The van der Waals surface area contributed by atoms with E-state index in [4.69, 9.17) is 9.47 Å². The maximum absolute atomic E-state index is 6.20. The highest BCUT2D eigenvalue weighted by Gasteiger charge is 2.33. The average Bonchev–Trinajstić information content (AvgIpc) is 2.47. The Morgan fingerprint density at radius 1 is 1.17 bits per heavy atom. The molecule has 98 valence electrons. The fourth-order valence-electron chi connectivity index (χ4n) is 3.04. The van der Waals surface area contributed by atoms with Crippen molar-refractivity contribution >= 4 is 0 Å². The van der Waals surface area contributed by atoms with Crippen LogP contribution in [0.25, 0.3) is 0 Å². The maximum Gasteiger partial charge on any atom is 0.134 e. The SMILES string of the molecule is COc1ccc(C2NC[C@H]3CCCC[C@@H]3O2)cc1. The van der Waals surface area contributed by atoms with E-state index in [-0.39, 0.29) is 6.23 Å². The number of benzene rings is 1. The fraction of sp³-hybridized carbons (Fsp3) is 0.600. The first-order valence-electron chi connectivity index (χ1n) is 6.89. The zero-order chi connectivity index (χ0) is 12.4. The molecule has 1 unspecified atom stereocenters. The second-order valence-corrected chi connectivity index (χ2v) is 5.28. The summed E-state index contributed by atoms with van der Waals surface area (Å²) in [5.41, 5.74) is 1.19. The summed E-state index contributed by atoms with van der Waals surface area (Å²) in [5, 5.41) is 3.51. The van der Waals surface area contributed by atoms with E-state index in [1.165, 1.54) is 31.2 Å². The third kappa shape index (κ3) is 2.38. The lowest BCUT2D eigenvalue weighted by Gasteiger charge is -2.40. The Bertz CT molecular complexity index is 390. The number of ether oxygens (including phenoxy) is 2. The van der Waals surface area contributed by atoms with E-state index in [0.29, 0.717) is 12.0 Å². The van der Waals surface area contributed by atoms with Crippen molar-refractivity contribution in [1.82, 2.24) is 5.32 Å². The molecule has 1 saturated carbocycles. The Balaban J connectivity index is 1.69. The molecular weight excluding hydrogens is 226 g/mol. The zero-order valence-electron chi connectivity index (χ0n) is 10.9. The van der Waals surface area contributed by atoms with Crippen molar-refractivity contribution in [2.45, 2.75) is 38.0 Å². The van der Waals surface area contributed by atoms with Crippen molar-refractivity contribution in [3.05, 3.63) is 29.8 Å². The van der Waals surface area contributed by atoms with Crippen molar-refractivity contribution in [1.29, 1.82) is 0 Å². The predicted molar refractivity (Wildman–Crippen MR) is 70.6 cm³/mol. The maximum atomic E-state index is 6.20. The van der Waals surface area contributed by atoms with Gasteiger partial charge in [0.15, 0.2) is 0 Å². The van der Waals surface area contributed by atoms with Gasteiger partial charge < -0.3 is 9.47 Å². The molecule has 0 bridgehead atoms. The Kier molecular flexibility index (Phi) is 3.52. The second kappa shape index (κ2) is 5.29. The van der Waals surface area contributed by atoms with E-state index in [1.807, 2.05) is 12.1 Å². The highest BCUT2D eigenvalue weighted by Crippen LogP contribution is 2.34. The quantitative estimate of drug-likeness (QED) is 0.871. The predicted octanol–water partition coefficient (Wildman–Crippen LogP) is 2.87. The fourth-order valence-corrected chi connectivity index (χ4v) is 3.04. The lowest BCUT2D eigenvalue weighted by atomic mass is 9.85. The van der Waals surface area contributed by atoms with E-state index in [1.54, 1.807) is 7.11 Å². The van der Waals surface area contributed by atoms with Crippen molar-refractivity contribution in [3.63, 3.8) is 0 Å². The third-order valence-corrected chi connectivity index (χ3v) is 4.13. The summed E-state index contributed by atoms with van der Waals surface area (Å²) in [5.74, 6) is 1.61. The molecule has 0 spiro atoms. The van der Waals surface area contributed by atoms with Gasteiger partial charge >= 0.3 is 0 Å². The van der Waals surface area contributed by atoms with Crippen LogP contribution in [-0.2, 0) is 4.74 Å². The van der Waals surface area contributed by atoms with Gasteiger partial charge in [-0.25, -0.2) is 0 Å². The Labute approximate surface area is 108 Å². The summed E-state index contributed by atoms with van der Waals surface area (Å²) >= 11 is 0. The number of fused-ring (bicyclic) bond motifs is 1. The lowest BCUT2D eigenvalue weighted by molar-refractivity contribution is -0.109. The lowest BCUT2D eigenvalue weighted by Crippen LogP contribution is -2.45. The van der Waals surface area contributed by atoms with E-state index in [9.17, 15) is 0 Å². The molecule has 0 radical (unpaired) electrons. The molecule has 1 saturated heterocycles. The van der Waals surface area contributed by atoms with Gasteiger partial charge in [0.2, 0.25) is 0 Å². The molecule has 1 aliphatic heterocycles. The van der Waals surface area contributed by atoms with Crippen molar-refractivity contribution in [3.8, 4) is 5.75 Å². The minimum atomic E-state index is 0.0512. The average molecular weight is 247 g/mol. The van der Waals surface area contributed by atoms with Crippen LogP contribution in [0.5, 0.6) is 5.75 Å². The Morgan fingerprint density at radius 2 is 1.94 bits per heavy atom. The van der Waals surface area contributed by atoms with Crippen LogP contribution >= 0.6 is 0 Å². The summed E-state index contributed by atoms with van der Waals surface area (Å²) in [7, 11) is 1.69. The molecule has 1 aliphatic carbocycles. The van der Waals surface area contributed by atoms with Crippen LogP contribution in [0.3, 0.4) is 0 Å². The Hall–Kier alpha value is -1.06. The van der Waals surface area contributed by atoms with Crippen LogP contribution in [0, 0.1) is 5.92 Å². The van der Waals surface area contributed by atoms with Crippen molar-refractivity contribution in [2.75, 3.05) is 13.7 Å². The summed E-state index contributed by atoms with van der Waals surface area (Å²) in [6, 6.07) is 8.15. The van der Waals surface area contributed by atoms with Crippen molar-refractivity contribution in [2.24, 2.45) is 5.92 Å². The minimum absolute atomic E-state index is 0.0512. The van der Waals surface area contributed by atoms with Crippen LogP contribution in [0.4, 0.5) is 0 Å². The van der Waals surface area contributed by atoms with Crippen LogP contribution < -0.4 is 10.1 Å². The summed E-state index contributed by atoms with van der Waals surface area (Å²) < 4.78 is 11.4. The Morgan fingerprint density at radius 3 is 2.72 bits per heavy atom. The molecule has 18 heavy (non-hydrogen) atoms. The van der Waals surface area contributed by atoms with Gasteiger partial charge in [-0.15, -0.1) is 0 Å². The van der Waals surface area contributed by atoms with Gasteiger partial charge in [0.1, 0.15) is 12.0 Å². The normalized spacial score (nSPS) is 31.7. The first-order chi connectivity index (χ1) is 8.86. The minimum Gasteiger partial charge on any atom is -0.497 e. The highest BCUT2D eigenvalue weighted by atomic mass is 16.5. The number of hydrogen-bond acceptors (Lipinski definition) is 3. The molecule has 3 heteroatoms. The van der Waals surface area contributed by atoms with Gasteiger partial charge in [-0.05, 0) is 36.5 Å². The van der Waals surface area contributed by atoms with Crippen LogP contribution in [0.1, 0.15) is 37.5 Å². The smallest absolute Gasteiger partial charge is 0.134 e. The van der Waals surface area contributed by atoms with Crippen LogP contribution in [0.15, 0.2) is 24.3 Å². The van der Waals surface area contributed by atoms with Gasteiger partial charge in [-0.2, -0.15) is 0 Å². The molecule has 3 atom stereocenters. The van der Waals surface area contributed by atoms with E-state index >= 15 is 0 Å². The van der Waals surface area contributed by atoms with E-state index < -0.39 is 0 Å². The first kappa shape index (κ1) is 12.0. The monoisotopic (exact) mass is 247 g/mol. The summed E-state index contributed by atoms with van der Waals surface area (Å²) in [6.45, 7) is 1.08. The number of methoxy groups -OCH3 is 1. The zero-order valence-corrected chi connectivity index (χ0v) is 10.9. The van der Waals surface area contributed by atoms with Crippen LogP contribution in [0.2, 0.25) is 0 Å². The summed E-state index contributed by atoms with van der Waals surface area (Å²) in [6.07, 6.45) is 5.71. The second-order valence-electron chi connectivity index (χ2n) is 5.28. The molecule has 2 fully saturated rings. The molecule has 3 rings (SSSR count). The molecule has 3 nitrogen and oxygen atoms in total. The standard InChI is InChI=1S/C15H21NO2/c1-17-13-8-6-11(7-9-13)15-16-10-12-4-2-3-5-14(12)18-15/h6-9,12,14-16H,2-5,10H2,1H3/t12-,14+,15?/m1/s1. The molecule has 1 aromatic rings. The van der Waals surface area contributed by atoms with Gasteiger partial charge in [0, 0.05) is 6.54 Å². The molecule has 0 amide bonds. The molecule has 1 heterocycles. The van der Waals surface area contributed by atoms with Crippen LogP contribution in [-0.4, -0.2) is 19.8 Å². The van der Waals surface area contributed by atoms with Gasteiger partial charge in [0.05, 0.1) is 13.2 Å². The topological polar surface area (TPSA) is 30.5 Å².